The highest BCUT2D eigenvalue weighted by Gasteiger charge is 2.13. The van der Waals surface area contributed by atoms with Crippen molar-refractivity contribution in [3.8, 4) is 0 Å². The Balaban J connectivity index is 1.89. The van der Waals surface area contributed by atoms with Crippen molar-refractivity contribution in [1.82, 2.24) is 5.43 Å². The fraction of sp³-hybridized carbons (Fsp3) is 0.250. The number of hydrogen-bond acceptors (Lipinski definition) is 3. The minimum atomic E-state index is -0.817. The van der Waals surface area contributed by atoms with Crippen molar-refractivity contribution < 1.29 is 9.59 Å². The van der Waals surface area contributed by atoms with Gasteiger partial charge in [-0.3, -0.25) is 9.59 Å². The maximum absolute atomic E-state index is 11.8. The van der Waals surface area contributed by atoms with Crippen molar-refractivity contribution in [2.45, 2.75) is 33.1 Å². The lowest BCUT2D eigenvalue weighted by atomic mass is 9.87. The van der Waals surface area contributed by atoms with E-state index in [1.807, 2.05) is 43.3 Å². The molecule has 0 heterocycles. The zero-order chi connectivity index (χ0) is 18.4. The number of carbonyl (C=O) groups excluding carboxylic acids is 2. The van der Waals surface area contributed by atoms with Gasteiger partial charge in [0.15, 0.2) is 0 Å². The summed E-state index contributed by atoms with van der Waals surface area (Å²) >= 11 is 0. The third-order valence-corrected chi connectivity index (χ3v) is 3.67. The van der Waals surface area contributed by atoms with Gasteiger partial charge in [-0.05, 0) is 35.6 Å². The topological polar surface area (TPSA) is 70.6 Å². The van der Waals surface area contributed by atoms with Crippen LogP contribution in [0.3, 0.4) is 0 Å². The monoisotopic (exact) mass is 337 g/mol. The molecule has 0 atom stereocenters. The van der Waals surface area contributed by atoms with Gasteiger partial charge in [0, 0.05) is 5.69 Å². The van der Waals surface area contributed by atoms with Crippen LogP contribution in [-0.2, 0) is 15.0 Å². The number of carbonyl (C=O) groups is 2. The van der Waals surface area contributed by atoms with Crippen molar-refractivity contribution in [2.75, 3.05) is 5.32 Å². The standard InChI is InChI=1S/C20H23N3O2/c1-14-5-11-17(12-6-14)22-18(24)19(25)23-21-13-15-7-9-16(10-8-15)20(2,3)4/h5-13H,1-4H3,(H,22,24)(H,23,25)/b21-13+. The van der Waals surface area contributed by atoms with Gasteiger partial charge in [-0.1, -0.05) is 62.7 Å². The van der Waals surface area contributed by atoms with Crippen LogP contribution in [0, 0.1) is 6.92 Å². The van der Waals surface area contributed by atoms with E-state index in [0.717, 1.165) is 11.1 Å². The molecule has 130 valence electrons. The van der Waals surface area contributed by atoms with E-state index in [1.54, 1.807) is 12.1 Å². The Hall–Kier alpha value is -2.95. The first-order chi connectivity index (χ1) is 11.8. The van der Waals surface area contributed by atoms with E-state index in [1.165, 1.54) is 11.8 Å². The van der Waals surface area contributed by atoms with Crippen LogP contribution in [0.15, 0.2) is 53.6 Å². The Kier molecular flexibility index (Phi) is 5.70. The van der Waals surface area contributed by atoms with E-state index >= 15 is 0 Å². The summed E-state index contributed by atoms with van der Waals surface area (Å²) in [5.41, 5.74) is 6.00. The Morgan fingerprint density at radius 3 is 2.08 bits per heavy atom. The van der Waals surface area contributed by atoms with Crippen LogP contribution in [0.2, 0.25) is 0 Å². The van der Waals surface area contributed by atoms with Crippen molar-refractivity contribution >= 4 is 23.7 Å². The predicted molar refractivity (Wildman–Crippen MR) is 101 cm³/mol. The number of benzene rings is 2. The van der Waals surface area contributed by atoms with Crippen molar-refractivity contribution in [2.24, 2.45) is 5.10 Å². The van der Waals surface area contributed by atoms with Gasteiger partial charge in [0.05, 0.1) is 6.21 Å². The molecule has 0 bridgehead atoms. The van der Waals surface area contributed by atoms with Crippen molar-refractivity contribution in [3.63, 3.8) is 0 Å². The smallest absolute Gasteiger partial charge is 0.318 e. The number of anilines is 1. The van der Waals surface area contributed by atoms with Gasteiger partial charge >= 0.3 is 11.8 Å². The lowest BCUT2D eigenvalue weighted by molar-refractivity contribution is -0.136. The molecule has 0 radical (unpaired) electrons. The Morgan fingerprint density at radius 2 is 1.52 bits per heavy atom. The molecule has 0 unspecified atom stereocenters. The molecule has 5 heteroatoms. The number of nitrogens with zero attached hydrogens (tertiary/aromatic N) is 1. The zero-order valence-corrected chi connectivity index (χ0v) is 15.0. The summed E-state index contributed by atoms with van der Waals surface area (Å²) in [5.74, 6) is -1.58. The third kappa shape index (κ3) is 5.57. The summed E-state index contributed by atoms with van der Waals surface area (Å²) in [4.78, 5) is 23.6. The van der Waals surface area contributed by atoms with E-state index in [4.69, 9.17) is 0 Å². The average Bonchev–Trinajstić information content (AvgIpc) is 2.56. The lowest BCUT2D eigenvalue weighted by Crippen LogP contribution is -2.32. The second-order valence-corrected chi connectivity index (χ2v) is 6.89. The van der Waals surface area contributed by atoms with Gasteiger partial charge in [-0.15, -0.1) is 0 Å². The van der Waals surface area contributed by atoms with E-state index in [-0.39, 0.29) is 5.41 Å². The molecule has 2 N–H and O–H groups in total. The van der Waals surface area contributed by atoms with Crippen LogP contribution >= 0.6 is 0 Å². The molecule has 2 aromatic rings. The molecule has 0 spiro atoms. The molecule has 0 fully saturated rings. The van der Waals surface area contributed by atoms with E-state index in [0.29, 0.717) is 5.69 Å². The zero-order valence-electron chi connectivity index (χ0n) is 15.0. The number of hydrazone groups is 1. The number of aryl methyl sites for hydroxylation is 1. The van der Waals surface area contributed by atoms with E-state index < -0.39 is 11.8 Å². The maximum Gasteiger partial charge on any atom is 0.329 e. The normalized spacial score (nSPS) is 11.4. The minimum Gasteiger partial charge on any atom is -0.318 e. The van der Waals surface area contributed by atoms with Crippen LogP contribution in [0.5, 0.6) is 0 Å². The molecule has 0 aliphatic rings. The second kappa shape index (κ2) is 7.75. The minimum absolute atomic E-state index is 0.0813. The van der Waals surface area contributed by atoms with Gasteiger partial charge in [0.2, 0.25) is 0 Å². The first kappa shape index (κ1) is 18.4. The van der Waals surface area contributed by atoms with Crippen LogP contribution in [-0.4, -0.2) is 18.0 Å². The van der Waals surface area contributed by atoms with Crippen molar-refractivity contribution in [1.29, 1.82) is 0 Å². The summed E-state index contributed by atoms with van der Waals surface area (Å²) in [7, 11) is 0. The lowest BCUT2D eigenvalue weighted by Gasteiger charge is -2.18. The van der Waals surface area contributed by atoms with Crippen LogP contribution in [0.1, 0.15) is 37.5 Å². The van der Waals surface area contributed by atoms with Crippen LogP contribution < -0.4 is 10.7 Å². The Bertz CT molecular complexity index is 770. The second-order valence-electron chi connectivity index (χ2n) is 6.89. The van der Waals surface area contributed by atoms with Gasteiger partial charge < -0.3 is 5.32 Å². The van der Waals surface area contributed by atoms with Gasteiger partial charge in [0.1, 0.15) is 0 Å². The molecule has 0 aromatic heterocycles. The predicted octanol–water partition coefficient (Wildman–Crippen LogP) is 3.38. The van der Waals surface area contributed by atoms with Gasteiger partial charge in [0.25, 0.3) is 0 Å². The molecule has 0 aliphatic carbocycles. The largest absolute Gasteiger partial charge is 0.329 e. The molecule has 0 aliphatic heterocycles. The summed E-state index contributed by atoms with van der Waals surface area (Å²) in [6.45, 7) is 8.37. The number of amides is 2. The quantitative estimate of drug-likeness (QED) is 0.512. The van der Waals surface area contributed by atoms with Gasteiger partial charge in [-0.2, -0.15) is 5.10 Å². The Morgan fingerprint density at radius 1 is 0.920 bits per heavy atom. The van der Waals surface area contributed by atoms with Crippen molar-refractivity contribution in [3.05, 3.63) is 65.2 Å². The Labute approximate surface area is 148 Å². The summed E-state index contributed by atoms with van der Waals surface area (Å²) in [6.07, 6.45) is 1.50. The molecular weight excluding hydrogens is 314 g/mol. The van der Waals surface area contributed by atoms with Crippen LogP contribution in [0.4, 0.5) is 5.69 Å². The van der Waals surface area contributed by atoms with Gasteiger partial charge in [-0.25, -0.2) is 5.43 Å². The summed E-state index contributed by atoms with van der Waals surface area (Å²) < 4.78 is 0. The molecule has 0 saturated heterocycles. The highest BCUT2D eigenvalue weighted by molar-refractivity contribution is 6.39. The number of hydrogen-bond donors (Lipinski definition) is 2. The summed E-state index contributed by atoms with van der Waals surface area (Å²) in [6, 6.07) is 15.1. The highest BCUT2D eigenvalue weighted by atomic mass is 16.2. The molecule has 0 saturated carbocycles. The average molecular weight is 337 g/mol. The molecule has 2 aromatic carbocycles. The number of nitrogens with one attached hydrogen (secondary N) is 2. The molecule has 25 heavy (non-hydrogen) atoms. The molecular formula is C20H23N3O2. The number of rotatable bonds is 3. The first-order valence-electron chi connectivity index (χ1n) is 8.07. The highest BCUT2D eigenvalue weighted by Crippen LogP contribution is 2.21. The van der Waals surface area contributed by atoms with E-state index in [2.05, 4.69) is 36.6 Å². The molecule has 2 amide bonds. The SMILES string of the molecule is Cc1ccc(NC(=O)C(=O)N/N=C/c2ccc(C(C)(C)C)cc2)cc1. The fourth-order valence-electron chi connectivity index (χ4n) is 2.11. The first-order valence-corrected chi connectivity index (χ1v) is 8.07. The third-order valence-electron chi connectivity index (χ3n) is 3.67. The molecule has 2 rings (SSSR count). The molecule has 5 nitrogen and oxygen atoms in total. The van der Waals surface area contributed by atoms with Crippen LogP contribution in [0.25, 0.3) is 0 Å². The summed E-state index contributed by atoms with van der Waals surface area (Å²) in [5, 5.41) is 6.34. The van der Waals surface area contributed by atoms with E-state index in [9.17, 15) is 9.59 Å². The fourth-order valence-corrected chi connectivity index (χ4v) is 2.11. The maximum atomic E-state index is 11.8.